The van der Waals surface area contributed by atoms with Crippen LogP contribution in [0.1, 0.15) is 30.7 Å². The average Bonchev–Trinajstić information content (AvgIpc) is 3.64. The number of carbonyl (C=O) groups is 2. The standard InChI is InChI=1S/C24H28N2O4/c1-29-21-11-10-20(13-22(21)30-2)25-23(27)19-12-18(16-6-4-3-5-7-16)14-26(15-19)24(28)17-8-9-17/h3-7,10-11,13,17-19H,8-9,12,14-15H2,1-2H3,(H,25,27). The Morgan fingerprint density at radius 2 is 1.67 bits per heavy atom. The van der Waals surface area contributed by atoms with Crippen LogP contribution in [0.5, 0.6) is 11.5 Å². The highest BCUT2D eigenvalue weighted by atomic mass is 16.5. The quantitative estimate of drug-likeness (QED) is 0.792. The van der Waals surface area contributed by atoms with Gasteiger partial charge in [0.1, 0.15) is 0 Å². The highest BCUT2D eigenvalue weighted by Crippen LogP contribution is 2.37. The summed E-state index contributed by atoms with van der Waals surface area (Å²) in [5.41, 5.74) is 1.83. The summed E-state index contributed by atoms with van der Waals surface area (Å²) in [4.78, 5) is 27.8. The molecule has 0 radical (unpaired) electrons. The van der Waals surface area contributed by atoms with Crippen LogP contribution in [0, 0.1) is 11.8 Å². The van der Waals surface area contributed by atoms with E-state index in [2.05, 4.69) is 17.4 Å². The number of anilines is 1. The van der Waals surface area contributed by atoms with Gasteiger partial charge < -0.3 is 19.7 Å². The van der Waals surface area contributed by atoms with Gasteiger partial charge in [0.2, 0.25) is 11.8 Å². The molecule has 4 rings (SSSR count). The number of methoxy groups -OCH3 is 2. The molecule has 158 valence electrons. The van der Waals surface area contributed by atoms with Gasteiger partial charge in [0.25, 0.3) is 0 Å². The molecular formula is C24H28N2O4. The third-order valence-corrected chi connectivity index (χ3v) is 5.98. The number of hydrogen-bond acceptors (Lipinski definition) is 4. The molecule has 2 aromatic carbocycles. The lowest BCUT2D eigenvalue weighted by Crippen LogP contribution is -2.47. The van der Waals surface area contributed by atoms with E-state index in [0.717, 1.165) is 19.3 Å². The van der Waals surface area contributed by atoms with E-state index in [1.165, 1.54) is 5.56 Å². The minimum atomic E-state index is -0.264. The maximum absolute atomic E-state index is 13.1. The van der Waals surface area contributed by atoms with Crippen molar-refractivity contribution in [2.24, 2.45) is 11.8 Å². The van der Waals surface area contributed by atoms with Crippen LogP contribution < -0.4 is 14.8 Å². The molecule has 2 aliphatic rings. The van der Waals surface area contributed by atoms with Crippen LogP contribution in [-0.4, -0.2) is 44.0 Å². The molecule has 2 amide bonds. The van der Waals surface area contributed by atoms with E-state index in [1.807, 2.05) is 23.1 Å². The molecule has 1 N–H and O–H groups in total. The number of benzene rings is 2. The number of nitrogens with zero attached hydrogens (tertiary/aromatic N) is 1. The number of likely N-dealkylation sites (tertiary alicyclic amines) is 1. The summed E-state index contributed by atoms with van der Waals surface area (Å²) in [6.45, 7) is 1.15. The van der Waals surface area contributed by atoms with Gasteiger partial charge in [-0.2, -0.15) is 0 Å². The minimum Gasteiger partial charge on any atom is -0.493 e. The van der Waals surface area contributed by atoms with Crippen LogP contribution in [0.25, 0.3) is 0 Å². The molecule has 2 unspecified atom stereocenters. The van der Waals surface area contributed by atoms with Crippen molar-refractivity contribution in [1.29, 1.82) is 0 Å². The summed E-state index contributed by atoms with van der Waals surface area (Å²) in [6, 6.07) is 15.5. The third kappa shape index (κ3) is 4.42. The first kappa shape index (κ1) is 20.3. The lowest BCUT2D eigenvalue weighted by Gasteiger charge is -2.37. The molecule has 0 spiro atoms. The molecule has 6 heteroatoms. The lowest BCUT2D eigenvalue weighted by atomic mass is 9.83. The summed E-state index contributed by atoms with van der Waals surface area (Å²) in [5, 5.41) is 3.00. The van der Waals surface area contributed by atoms with E-state index in [0.29, 0.717) is 30.3 Å². The number of piperidine rings is 1. The first-order valence-corrected chi connectivity index (χ1v) is 10.5. The van der Waals surface area contributed by atoms with Crippen molar-refractivity contribution in [3.63, 3.8) is 0 Å². The molecule has 1 aliphatic heterocycles. The summed E-state index contributed by atoms with van der Waals surface area (Å²) in [7, 11) is 3.14. The normalized spacial score (nSPS) is 21.1. The fraction of sp³-hybridized carbons (Fsp3) is 0.417. The van der Waals surface area contributed by atoms with E-state index >= 15 is 0 Å². The largest absolute Gasteiger partial charge is 0.493 e. The molecule has 0 aromatic heterocycles. The van der Waals surface area contributed by atoms with Gasteiger partial charge >= 0.3 is 0 Å². The number of nitrogens with one attached hydrogen (secondary N) is 1. The molecule has 1 aliphatic carbocycles. The van der Waals surface area contributed by atoms with Crippen LogP contribution in [0.15, 0.2) is 48.5 Å². The van der Waals surface area contributed by atoms with Crippen molar-refractivity contribution < 1.29 is 19.1 Å². The molecule has 2 aromatic rings. The van der Waals surface area contributed by atoms with Crippen LogP contribution >= 0.6 is 0 Å². The number of amides is 2. The number of hydrogen-bond donors (Lipinski definition) is 1. The summed E-state index contributed by atoms with van der Waals surface area (Å²) in [6.07, 6.45) is 2.65. The monoisotopic (exact) mass is 408 g/mol. The molecule has 1 saturated carbocycles. The highest BCUT2D eigenvalue weighted by Gasteiger charge is 2.39. The zero-order valence-corrected chi connectivity index (χ0v) is 17.5. The predicted octanol–water partition coefficient (Wildman–Crippen LogP) is 3.68. The third-order valence-electron chi connectivity index (χ3n) is 5.98. The Bertz CT molecular complexity index is 911. The molecule has 6 nitrogen and oxygen atoms in total. The van der Waals surface area contributed by atoms with Crippen molar-refractivity contribution in [1.82, 2.24) is 4.90 Å². The Balaban J connectivity index is 1.52. The molecule has 1 heterocycles. The van der Waals surface area contributed by atoms with Gasteiger partial charge in [-0.25, -0.2) is 0 Å². The first-order valence-electron chi connectivity index (χ1n) is 10.5. The zero-order chi connectivity index (χ0) is 21.1. The van der Waals surface area contributed by atoms with Gasteiger partial charge in [-0.05, 0) is 37.0 Å². The Kier molecular flexibility index (Phi) is 5.93. The van der Waals surface area contributed by atoms with E-state index in [9.17, 15) is 9.59 Å². The Morgan fingerprint density at radius 3 is 2.33 bits per heavy atom. The summed E-state index contributed by atoms with van der Waals surface area (Å²) in [5.74, 6) is 1.33. The van der Waals surface area contributed by atoms with Crippen LogP contribution in [0.3, 0.4) is 0 Å². The van der Waals surface area contributed by atoms with E-state index in [1.54, 1.807) is 32.4 Å². The second kappa shape index (κ2) is 8.78. The fourth-order valence-electron chi connectivity index (χ4n) is 4.18. The van der Waals surface area contributed by atoms with Gasteiger partial charge in [-0.3, -0.25) is 9.59 Å². The van der Waals surface area contributed by atoms with Gasteiger partial charge in [0, 0.05) is 36.7 Å². The molecule has 2 fully saturated rings. The minimum absolute atomic E-state index is 0.0727. The number of rotatable bonds is 6. The van der Waals surface area contributed by atoms with Crippen molar-refractivity contribution in [2.75, 3.05) is 32.6 Å². The number of ether oxygens (including phenoxy) is 2. The van der Waals surface area contributed by atoms with E-state index < -0.39 is 0 Å². The van der Waals surface area contributed by atoms with Crippen LogP contribution in [0.2, 0.25) is 0 Å². The molecule has 2 atom stereocenters. The maximum atomic E-state index is 13.1. The number of carbonyl (C=O) groups excluding carboxylic acids is 2. The van der Waals surface area contributed by atoms with Crippen LogP contribution in [-0.2, 0) is 9.59 Å². The van der Waals surface area contributed by atoms with E-state index in [-0.39, 0.29) is 29.6 Å². The van der Waals surface area contributed by atoms with Gasteiger partial charge in [-0.1, -0.05) is 30.3 Å². The second-order valence-corrected chi connectivity index (χ2v) is 8.12. The Morgan fingerprint density at radius 1 is 0.933 bits per heavy atom. The highest BCUT2D eigenvalue weighted by molar-refractivity contribution is 5.93. The van der Waals surface area contributed by atoms with Crippen molar-refractivity contribution in [2.45, 2.75) is 25.2 Å². The SMILES string of the molecule is COc1ccc(NC(=O)C2CC(c3ccccc3)CN(C(=O)C3CC3)C2)cc1OC. The lowest BCUT2D eigenvalue weighted by molar-refractivity contribution is -0.136. The zero-order valence-electron chi connectivity index (χ0n) is 17.5. The predicted molar refractivity (Wildman–Crippen MR) is 115 cm³/mol. The van der Waals surface area contributed by atoms with Gasteiger partial charge in [-0.15, -0.1) is 0 Å². The van der Waals surface area contributed by atoms with Crippen molar-refractivity contribution in [3.8, 4) is 11.5 Å². The van der Waals surface area contributed by atoms with Crippen molar-refractivity contribution >= 4 is 17.5 Å². The second-order valence-electron chi connectivity index (χ2n) is 8.12. The summed E-state index contributed by atoms with van der Waals surface area (Å²) < 4.78 is 10.6. The van der Waals surface area contributed by atoms with E-state index in [4.69, 9.17) is 9.47 Å². The molecular weight excluding hydrogens is 380 g/mol. The average molecular weight is 408 g/mol. The maximum Gasteiger partial charge on any atom is 0.229 e. The Hall–Kier alpha value is -3.02. The molecule has 0 bridgehead atoms. The topological polar surface area (TPSA) is 67.9 Å². The van der Waals surface area contributed by atoms with Crippen molar-refractivity contribution in [3.05, 3.63) is 54.1 Å². The molecule has 30 heavy (non-hydrogen) atoms. The Labute approximate surface area is 177 Å². The van der Waals surface area contributed by atoms with Crippen LogP contribution in [0.4, 0.5) is 5.69 Å². The smallest absolute Gasteiger partial charge is 0.229 e. The van der Waals surface area contributed by atoms with Gasteiger partial charge in [0.05, 0.1) is 20.1 Å². The first-order chi connectivity index (χ1) is 14.6. The molecule has 1 saturated heterocycles. The fourth-order valence-corrected chi connectivity index (χ4v) is 4.18. The van der Waals surface area contributed by atoms with Gasteiger partial charge in [0.15, 0.2) is 11.5 Å². The summed E-state index contributed by atoms with van der Waals surface area (Å²) >= 11 is 0.